The van der Waals surface area contributed by atoms with Crippen LogP contribution in [0.4, 0.5) is 0 Å². The minimum absolute atomic E-state index is 0.850. The molecule has 1 nitrogen and oxygen atoms in total. The first-order valence-corrected chi connectivity index (χ1v) is 8.69. The Kier molecular flexibility index (Phi) is 3.45. The van der Waals surface area contributed by atoms with E-state index in [1.807, 2.05) is 13.1 Å². The molecule has 0 atom stereocenters. The van der Waals surface area contributed by atoms with Gasteiger partial charge in [-0.25, -0.2) is 0 Å². The highest BCUT2D eigenvalue weighted by molar-refractivity contribution is 7.80. The van der Waals surface area contributed by atoms with Gasteiger partial charge in [-0.15, -0.1) is 0 Å². The molecule has 3 heteroatoms. The number of thiocarbonyl (C=S) groups is 1. The van der Waals surface area contributed by atoms with Crippen molar-refractivity contribution >= 4 is 30.5 Å². The highest BCUT2D eigenvalue weighted by atomic mass is 32.1. The fraction of sp³-hybridized carbons (Fsp3) is 0.364. The zero-order valence-corrected chi connectivity index (χ0v) is 11.0. The van der Waals surface area contributed by atoms with Crippen LogP contribution in [0.25, 0.3) is 0 Å². The summed E-state index contributed by atoms with van der Waals surface area (Å²) in [5.41, 5.74) is 1.20. The first kappa shape index (κ1) is 11.4. The van der Waals surface area contributed by atoms with Crippen LogP contribution in [0.5, 0.6) is 0 Å². The molecule has 0 aliphatic heterocycles. The normalized spacial score (nSPS) is 11.1. The van der Waals surface area contributed by atoms with Gasteiger partial charge in [-0.3, -0.25) is 0 Å². The van der Waals surface area contributed by atoms with Crippen molar-refractivity contribution in [1.82, 2.24) is 5.32 Å². The van der Waals surface area contributed by atoms with Crippen LogP contribution in [0.1, 0.15) is 5.56 Å². The van der Waals surface area contributed by atoms with Gasteiger partial charge in [0.15, 0.2) is 0 Å². The van der Waals surface area contributed by atoms with Crippen molar-refractivity contribution in [1.29, 1.82) is 0 Å². The number of hydrogen-bond donors (Lipinski definition) is 1. The maximum atomic E-state index is 5.29. The first-order valence-electron chi connectivity index (χ1n) is 4.78. The van der Waals surface area contributed by atoms with Gasteiger partial charge in [0.1, 0.15) is 4.99 Å². The lowest BCUT2D eigenvalue weighted by molar-refractivity contribution is 1.20. The average Bonchev–Trinajstić information content (AvgIpc) is 2.15. The molecule has 0 bridgehead atoms. The molecule has 1 N–H and O–H groups in total. The van der Waals surface area contributed by atoms with E-state index in [0.717, 1.165) is 4.99 Å². The molecule has 1 aromatic rings. The molecule has 0 aliphatic rings. The van der Waals surface area contributed by atoms with Gasteiger partial charge in [0.2, 0.25) is 0 Å². The molecule has 1 rings (SSSR count). The zero-order valence-electron chi connectivity index (χ0n) is 9.22. The van der Waals surface area contributed by atoms with Crippen molar-refractivity contribution in [2.45, 2.75) is 19.6 Å². The van der Waals surface area contributed by atoms with E-state index in [-0.39, 0.29) is 0 Å². The van der Waals surface area contributed by atoms with Crippen LogP contribution in [-0.2, 0) is 0 Å². The predicted octanol–water partition coefficient (Wildman–Crippen LogP) is 2.13. The lowest BCUT2D eigenvalue weighted by Crippen LogP contribution is -2.42. The molecule has 0 aromatic heterocycles. The number of nitrogens with one attached hydrogen (secondary N) is 1. The van der Waals surface area contributed by atoms with Crippen LogP contribution in [0, 0.1) is 0 Å². The number of hydrogen-bond acceptors (Lipinski definition) is 1. The number of rotatable bonds is 2. The molecule has 0 heterocycles. The Hall–Kier alpha value is -0.673. The summed E-state index contributed by atoms with van der Waals surface area (Å²) in [6.07, 6.45) is 0. The highest BCUT2D eigenvalue weighted by Crippen LogP contribution is 2.07. The summed E-state index contributed by atoms with van der Waals surface area (Å²) in [6, 6.07) is 8.44. The van der Waals surface area contributed by atoms with E-state index in [4.69, 9.17) is 12.2 Å². The lowest BCUT2D eigenvalue weighted by atomic mass is 10.2. The van der Waals surface area contributed by atoms with Crippen LogP contribution < -0.4 is 10.5 Å². The molecular formula is C11H17NSSi. The van der Waals surface area contributed by atoms with Gasteiger partial charge in [-0.05, 0) is 0 Å². The molecule has 76 valence electrons. The van der Waals surface area contributed by atoms with E-state index in [0.29, 0.717) is 0 Å². The average molecular weight is 223 g/mol. The van der Waals surface area contributed by atoms with Crippen LogP contribution in [0.2, 0.25) is 19.6 Å². The maximum Gasteiger partial charge on any atom is 0.106 e. The minimum atomic E-state index is -1.28. The molecule has 0 unspecified atom stereocenters. The second-order valence-corrected chi connectivity index (χ2v) is 9.82. The van der Waals surface area contributed by atoms with E-state index >= 15 is 0 Å². The fourth-order valence-corrected chi connectivity index (χ4v) is 3.35. The molecule has 0 spiro atoms. The van der Waals surface area contributed by atoms with E-state index in [1.165, 1.54) is 10.8 Å². The van der Waals surface area contributed by atoms with Crippen molar-refractivity contribution in [3.8, 4) is 0 Å². The summed E-state index contributed by atoms with van der Waals surface area (Å²) < 4.78 is 0. The van der Waals surface area contributed by atoms with Gasteiger partial charge in [-0.1, -0.05) is 61.3 Å². The largest absolute Gasteiger partial charge is 0.379 e. The standard InChI is InChI=1S/C11H17NSSi/c1-12-11(13)9-7-5-6-8-10(9)14(2,3)4/h5-8H,1-4H3,(H,12,13). The Morgan fingerprint density at radius 3 is 2.29 bits per heavy atom. The fourth-order valence-electron chi connectivity index (χ4n) is 1.47. The Labute approximate surface area is 92.5 Å². The van der Waals surface area contributed by atoms with E-state index < -0.39 is 8.07 Å². The summed E-state index contributed by atoms with van der Waals surface area (Å²) in [5.74, 6) is 0. The molecule has 0 radical (unpaired) electrons. The van der Waals surface area contributed by atoms with E-state index in [1.54, 1.807) is 0 Å². The van der Waals surface area contributed by atoms with Crippen LogP contribution in [-0.4, -0.2) is 20.1 Å². The third-order valence-electron chi connectivity index (χ3n) is 2.21. The molecule has 1 aromatic carbocycles. The molecule has 0 saturated carbocycles. The summed E-state index contributed by atoms with van der Waals surface area (Å²) in [4.78, 5) is 0.850. The summed E-state index contributed by atoms with van der Waals surface area (Å²) in [6.45, 7) is 7.01. The van der Waals surface area contributed by atoms with Crippen LogP contribution in [0.15, 0.2) is 24.3 Å². The zero-order chi connectivity index (χ0) is 10.8. The topological polar surface area (TPSA) is 12.0 Å². The second kappa shape index (κ2) is 4.23. The molecule has 0 saturated heterocycles. The van der Waals surface area contributed by atoms with Gasteiger partial charge >= 0.3 is 0 Å². The van der Waals surface area contributed by atoms with Gasteiger partial charge < -0.3 is 5.32 Å². The monoisotopic (exact) mass is 223 g/mol. The third-order valence-corrected chi connectivity index (χ3v) is 4.68. The highest BCUT2D eigenvalue weighted by Gasteiger charge is 2.20. The van der Waals surface area contributed by atoms with Crippen molar-refractivity contribution in [2.75, 3.05) is 7.05 Å². The molecule has 0 aliphatic carbocycles. The second-order valence-electron chi connectivity index (χ2n) is 4.37. The van der Waals surface area contributed by atoms with Crippen molar-refractivity contribution in [3.63, 3.8) is 0 Å². The third kappa shape index (κ3) is 2.42. The summed E-state index contributed by atoms with van der Waals surface area (Å²) in [5, 5.41) is 4.48. The number of benzene rings is 1. The molecule has 14 heavy (non-hydrogen) atoms. The van der Waals surface area contributed by atoms with Crippen molar-refractivity contribution in [2.24, 2.45) is 0 Å². The van der Waals surface area contributed by atoms with Crippen LogP contribution in [0.3, 0.4) is 0 Å². The molecular weight excluding hydrogens is 206 g/mol. The molecule has 0 amide bonds. The SMILES string of the molecule is CNC(=S)c1ccccc1[Si](C)(C)C. The van der Waals surface area contributed by atoms with Gasteiger partial charge in [0, 0.05) is 12.6 Å². The Morgan fingerprint density at radius 2 is 1.79 bits per heavy atom. The maximum absolute atomic E-state index is 5.29. The predicted molar refractivity (Wildman–Crippen MR) is 70.2 cm³/mol. The lowest BCUT2D eigenvalue weighted by Gasteiger charge is -2.21. The summed E-state index contributed by atoms with van der Waals surface area (Å²) in [7, 11) is 0.594. The van der Waals surface area contributed by atoms with Crippen molar-refractivity contribution in [3.05, 3.63) is 29.8 Å². The van der Waals surface area contributed by atoms with Gasteiger partial charge in [-0.2, -0.15) is 0 Å². The first-order chi connectivity index (χ1) is 6.46. The Bertz CT molecular complexity index is 341. The Balaban J connectivity index is 3.23. The van der Waals surface area contributed by atoms with E-state index in [2.05, 4.69) is 43.2 Å². The Morgan fingerprint density at radius 1 is 1.21 bits per heavy atom. The summed E-state index contributed by atoms with van der Waals surface area (Å²) >= 11 is 5.29. The van der Waals surface area contributed by atoms with Crippen molar-refractivity contribution < 1.29 is 0 Å². The van der Waals surface area contributed by atoms with E-state index in [9.17, 15) is 0 Å². The quantitative estimate of drug-likeness (QED) is 0.609. The smallest absolute Gasteiger partial charge is 0.106 e. The van der Waals surface area contributed by atoms with Gasteiger partial charge in [0.25, 0.3) is 0 Å². The minimum Gasteiger partial charge on any atom is -0.379 e. The van der Waals surface area contributed by atoms with Crippen LogP contribution >= 0.6 is 12.2 Å². The van der Waals surface area contributed by atoms with Gasteiger partial charge in [0.05, 0.1) is 8.07 Å². The molecule has 0 fully saturated rings.